The molecule has 1 atom stereocenters. The van der Waals surface area contributed by atoms with E-state index >= 15 is 0 Å². The molecule has 0 aliphatic carbocycles. The largest absolute Gasteiger partial charge is 0.383 e. The Kier molecular flexibility index (Phi) is 7.87. The number of ether oxygens (including phenoxy) is 1. The number of carbonyl (C=O) groups excluding carboxylic acids is 2. The zero-order valence-corrected chi connectivity index (χ0v) is 20.5. The van der Waals surface area contributed by atoms with Crippen molar-refractivity contribution < 1.29 is 14.3 Å². The normalized spacial score (nSPS) is 12.1. The van der Waals surface area contributed by atoms with Gasteiger partial charge in [-0.2, -0.15) is 0 Å². The molecule has 0 saturated carbocycles. The standard InChI is InChI=1S/C26H34N4O3/c1-7-21-12-10-11-18(2)26(21)30(19(3)17-33-6)25(32)16-29-23-14-9-8-13-22(23)27-24(29)15-28(5)20(4)31/h8-14,19H,7,15-17H2,1-6H3. The van der Waals surface area contributed by atoms with Gasteiger partial charge in [0.1, 0.15) is 12.4 Å². The highest BCUT2D eigenvalue weighted by atomic mass is 16.5. The molecule has 1 aromatic heterocycles. The number of imidazole rings is 1. The van der Waals surface area contributed by atoms with E-state index in [1.54, 1.807) is 19.1 Å². The highest BCUT2D eigenvalue weighted by molar-refractivity contribution is 5.96. The van der Waals surface area contributed by atoms with Crippen molar-refractivity contribution in [3.8, 4) is 0 Å². The van der Waals surface area contributed by atoms with Crippen molar-refractivity contribution in [3.63, 3.8) is 0 Å². The zero-order chi connectivity index (χ0) is 24.1. The lowest BCUT2D eigenvalue weighted by atomic mass is 10.0. The molecule has 2 aromatic carbocycles. The molecule has 0 aliphatic rings. The molecule has 176 valence electrons. The Morgan fingerprint density at radius 3 is 2.55 bits per heavy atom. The zero-order valence-electron chi connectivity index (χ0n) is 20.5. The Labute approximate surface area is 196 Å². The van der Waals surface area contributed by atoms with Crippen LogP contribution in [0.25, 0.3) is 11.0 Å². The van der Waals surface area contributed by atoms with Crippen LogP contribution in [0.2, 0.25) is 0 Å². The highest BCUT2D eigenvalue weighted by Crippen LogP contribution is 2.29. The van der Waals surface area contributed by atoms with Crippen LogP contribution in [0.1, 0.15) is 37.7 Å². The lowest BCUT2D eigenvalue weighted by Gasteiger charge is -2.32. The number of aromatic nitrogens is 2. The van der Waals surface area contributed by atoms with E-state index in [1.165, 1.54) is 6.92 Å². The maximum absolute atomic E-state index is 13.9. The Balaban J connectivity index is 2.07. The summed E-state index contributed by atoms with van der Waals surface area (Å²) in [5.41, 5.74) is 4.80. The van der Waals surface area contributed by atoms with E-state index in [4.69, 9.17) is 9.72 Å². The Morgan fingerprint density at radius 2 is 1.88 bits per heavy atom. The first-order chi connectivity index (χ1) is 15.8. The number of para-hydroxylation sites is 3. The molecule has 2 amide bonds. The molecule has 7 heteroatoms. The van der Waals surface area contributed by atoms with Gasteiger partial charge in [0.25, 0.3) is 0 Å². The maximum Gasteiger partial charge on any atom is 0.247 e. The number of anilines is 1. The van der Waals surface area contributed by atoms with Crippen molar-refractivity contribution in [2.45, 2.75) is 53.2 Å². The molecule has 0 fully saturated rings. The summed E-state index contributed by atoms with van der Waals surface area (Å²) in [5.74, 6) is 0.586. The smallest absolute Gasteiger partial charge is 0.247 e. The van der Waals surface area contributed by atoms with Crippen molar-refractivity contribution >= 4 is 28.5 Å². The molecular formula is C26H34N4O3. The summed E-state index contributed by atoms with van der Waals surface area (Å²) in [6.45, 7) is 8.53. The summed E-state index contributed by atoms with van der Waals surface area (Å²) in [6.07, 6.45) is 0.823. The van der Waals surface area contributed by atoms with Crippen LogP contribution in [0.3, 0.4) is 0 Å². The average molecular weight is 451 g/mol. The fourth-order valence-electron chi connectivity index (χ4n) is 4.21. The quantitative estimate of drug-likeness (QED) is 0.495. The van der Waals surface area contributed by atoms with E-state index in [2.05, 4.69) is 13.0 Å². The fourth-order valence-corrected chi connectivity index (χ4v) is 4.21. The number of hydrogen-bond donors (Lipinski definition) is 0. The minimum absolute atomic E-state index is 0.0431. The molecule has 0 saturated heterocycles. The van der Waals surface area contributed by atoms with E-state index in [-0.39, 0.29) is 24.4 Å². The van der Waals surface area contributed by atoms with Gasteiger partial charge in [0, 0.05) is 21.1 Å². The molecule has 0 radical (unpaired) electrons. The first-order valence-electron chi connectivity index (χ1n) is 11.3. The molecule has 1 heterocycles. The van der Waals surface area contributed by atoms with Crippen molar-refractivity contribution in [2.24, 2.45) is 0 Å². The van der Waals surface area contributed by atoms with E-state index in [1.807, 2.05) is 59.7 Å². The molecule has 0 bridgehead atoms. The van der Waals surface area contributed by atoms with Crippen LogP contribution >= 0.6 is 0 Å². The van der Waals surface area contributed by atoms with Gasteiger partial charge in [0.15, 0.2) is 0 Å². The second kappa shape index (κ2) is 10.6. The van der Waals surface area contributed by atoms with E-state index in [9.17, 15) is 9.59 Å². The molecule has 0 aliphatic heterocycles. The maximum atomic E-state index is 13.9. The minimum Gasteiger partial charge on any atom is -0.383 e. The molecule has 1 unspecified atom stereocenters. The molecule has 3 aromatic rings. The van der Waals surface area contributed by atoms with E-state index < -0.39 is 0 Å². The SMILES string of the molecule is CCc1cccc(C)c1N(C(=O)Cn1c(CN(C)C(C)=O)nc2ccccc21)C(C)COC. The number of amides is 2. The lowest BCUT2D eigenvalue weighted by molar-refractivity contribution is -0.128. The third-order valence-electron chi connectivity index (χ3n) is 6.00. The van der Waals surface area contributed by atoms with Crippen LogP contribution in [-0.4, -0.2) is 53.1 Å². The van der Waals surface area contributed by atoms with Gasteiger partial charge in [0.05, 0.1) is 35.9 Å². The van der Waals surface area contributed by atoms with Gasteiger partial charge in [-0.1, -0.05) is 37.3 Å². The van der Waals surface area contributed by atoms with Gasteiger partial charge in [-0.15, -0.1) is 0 Å². The minimum atomic E-state index is -0.146. The first kappa shape index (κ1) is 24.5. The molecule has 0 N–H and O–H groups in total. The molecule has 7 nitrogen and oxygen atoms in total. The van der Waals surface area contributed by atoms with E-state index in [0.717, 1.165) is 34.3 Å². The third kappa shape index (κ3) is 5.25. The molecule has 3 rings (SSSR count). The number of benzene rings is 2. The molecule has 0 spiro atoms. The Bertz CT molecular complexity index is 1140. The van der Waals surface area contributed by atoms with Gasteiger partial charge in [-0.3, -0.25) is 9.59 Å². The number of hydrogen-bond acceptors (Lipinski definition) is 4. The van der Waals surface area contributed by atoms with Crippen LogP contribution < -0.4 is 4.90 Å². The van der Waals surface area contributed by atoms with Crippen molar-refractivity contribution in [2.75, 3.05) is 25.7 Å². The second-order valence-electron chi connectivity index (χ2n) is 8.48. The lowest BCUT2D eigenvalue weighted by Crippen LogP contribution is -2.44. The van der Waals surface area contributed by atoms with Gasteiger partial charge in [-0.25, -0.2) is 4.98 Å². The molecule has 33 heavy (non-hydrogen) atoms. The summed E-state index contributed by atoms with van der Waals surface area (Å²) in [5, 5.41) is 0. The van der Waals surface area contributed by atoms with Crippen molar-refractivity contribution in [1.82, 2.24) is 14.5 Å². The summed E-state index contributed by atoms with van der Waals surface area (Å²) in [7, 11) is 3.39. The fraction of sp³-hybridized carbons (Fsp3) is 0.423. The van der Waals surface area contributed by atoms with Crippen LogP contribution in [0.5, 0.6) is 0 Å². The number of fused-ring (bicyclic) bond motifs is 1. The van der Waals surface area contributed by atoms with Crippen LogP contribution in [-0.2, 0) is 33.8 Å². The second-order valence-corrected chi connectivity index (χ2v) is 8.48. The molecular weight excluding hydrogens is 416 g/mol. The van der Waals surface area contributed by atoms with Crippen LogP contribution in [0.15, 0.2) is 42.5 Å². The summed E-state index contributed by atoms with van der Waals surface area (Å²) in [4.78, 5) is 34.0. The average Bonchev–Trinajstić information content (AvgIpc) is 3.12. The monoisotopic (exact) mass is 450 g/mol. The van der Waals surface area contributed by atoms with E-state index in [0.29, 0.717) is 19.0 Å². The number of methoxy groups -OCH3 is 1. The Morgan fingerprint density at radius 1 is 1.15 bits per heavy atom. The number of aryl methyl sites for hydroxylation is 2. The first-order valence-corrected chi connectivity index (χ1v) is 11.3. The highest BCUT2D eigenvalue weighted by Gasteiger charge is 2.27. The van der Waals surface area contributed by atoms with Gasteiger partial charge in [-0.05, 0) is 43.5 Å². The summed E-state index contributed by atoms with van der Waals surface area (Å²) >= 11 is 0. The van der Waals surface area contributed by atoms with Gasteiger partial charge < -0.3 is 19.1 Å². The number of nitrogens with zero attached hydrogens (tertiary/aromatic N) is 4. The Hall–Kier alpha value is -3.19. The topological polar surface area (TPSA) is 67.7 Å². The third-order valence-corrected chi connectivity index (χ3v) is 6.00. The van der Waals surface area contributed by atoms with Gasteiger partial charge in [0.2, 0.25) is 11.8 Å². The predicted molar refractivity (Wildman–Crippen MR) is 131 cm³/mol. The number of carbonyl (C=O) groups is 2. The summed E-state index contributed by atoms with van der Waals surface area (Å²) in [6, 6.07) is 13.7. The van der Waals surface area contributed by atoms with Crippen LogP contribution in [0.4, 0.5) is 5.69 Å². The van der Waals surface area contributed by atoms with Gasteiger partial charge >= 0.3 is 0 Å². The van der Waals surface area contributed by atoms with Crippen LogP contribution in [0, 0.1) is 6.92 Å². The predicted octanol–water partition coefficient (Wildman–Crippen LogP) is 3.95. The van der Waals surface area contributed by atoms with Crippen molar-refractivity contribution in [1.29, 1.82) is 0 Å². The van der Waals surface area contributed by atoms with Crippen molar-refractivity contribution in [3.05, 3.63) is 59.4 Å². The number of rotatable bonds is 9. The summed E-state index contributed by atoms with van der Waals surface area (Å²) < 4.78 is 7.34.